The molecule has 1 aromatic heterocycles. The van der Waals surface area contributed by atoms with Crippen LogP contribution in [0.5, 0.6) is 0 Å². The van der Waals surface area contributed by atoms with Crippen molar-refractivity contribution in [3.8, 4) is 0 Å². The van der Waals surface area contributed by atoms with E-state index in [0.717, 1.165) is 10.0 Å². The molecule has 0 radical (unpaired) electrons. The number of imidazole rings is 1. The predicted molar refractivity (Wildman–Crippen MR) is 116 cm³/mol. The van der Waals surface area contributed by atoms with Crippen LogP contribution in [0.2, 0.25) is 0 Å². The van der Waals surface area contributed by atoms with E-state index in [2.05, 4.69) is 20.9 Å². The summed E-state index contributed by atoms with van der Waals surface area (Å²) in [6.07, 6.45) is 5.92. The quantitative estimate of drug-likeness (QED) is 0.337. The Labute approximate surface area is 182 Å². The monoisotopic (exact) mass is 465 g/mol. The largest absolute Gasteiger partial charge is 0.507 e. The number of likely N-dealkylation sites (tertiary alicyclic amines) is 1. The number of benzene rings is 2. The molecule has 0 bridgehead atoms. The number of amides is 1. The molecule has 0 saturated carbocycles. The Hall–Kier alpha value is -3.19. The molecule has 1 N–H and O–H groups in total. The van der Waals surface area contributed by atoms with Crippen LogP contribution in [0.1, 0.15) is 23.6 Å². The number of rotatable bonds is 6. The van der Waals surface area contributed by atoms with Crippen molar-refractivity contribution in [1.82, 2.24) is 14.5 Å². The van der Waals surface area contributed by atoms with Crippen molar-refractivity contribution in [3.63, 3.8) is 0 Å². The molecule has 1 fully saturated rings. The highest BCUT2D eigenvalue weighted by atomic mass is 79.9. The lowest BCUT2D eigenvalue weighted by Crippen LogP contribution is -2.31. The van der Waals surface area contributed by atoms with Gasteiger partial charge >= 0.3 is 0 Å². The maximum atomic E-state index is 13.0. The van der Waals surface area contributed by atoms with Crippen LogP contribution >= 0.6 is 15.9 Å². The molecule has 1 amide bonds. The Kier molecular flexibility index (Phi) is 5.81. The van der Waals surface area contributed by atoms with Crippen LogP contribution < -0.4 is 0 Å². The summed E-state index contributed by atoms with van der Waals surface area (Å²) < 4.78 is 2.70. The van der Waals surface area contributed by atoms with Crippen molar-refractivity contribution in [2.75, 3.05) is 6.54 Å². The van der Waals surface area contributed by atoms with Gasteiger partial charge in [-0.1, -0.05) is 64.5 Å². The summed E-state index contributed by atoms with van der Waals surface area (Å²) in [7, 11) is 0. The van der Waals surface area contributed by atoms with Crippen molar-refractivity contribution in [3.05, 3.63) is 94.5 Å². The lowest BCUT2D eigenvalue weighted by Gasteiger charge is -2.26. The SMILES string of the molecule is O=C1C(=O)N(CCCn2ccnc2)C(c2ccccc2Br)C1=C(O)c1ccccc1. The summed E-state index contributed by atoms with van der Waals surface area (Å²) in [4.78, 5) is 31.5. The van der Waals surface area contributed by atoms with Gasteiger partial charge < -0.3 is 14.6 Å². The molecule has 3 aromatic rings. The summed E-state index contributed by atoms with van der Waals surface area (Å²) in [6, 6.07) is 15.6. The van der Waals surface area contributed by atoms with Crippen LogP contribution in [-0.2, 0) is 16.1 Å². The van der Waals surface area contributed by atoms with E-state index < -0.39 is 17.7 Å². The number of carbonyl (C=O) groups excluding carboxylic acids is 2. The normalized spacial score (nSPS) is 18.2. The summed E-state index contributed by atoms with van der Waals surface area (Å²) in [5.74, 6) is -1.43. The maximum absolute atomic E-state index is 13.0. The molecule has 1 aliphatic rings. The number of hydrogen-bond donors (Lipinski definition) is 1. The number of Topliss-reactive ketones (excluding diaryl/α,β-unsaturated/α-hetero) is 1. The number of aliphatic hydroxyl groups excluding tert-OH is 1. The van der Waals surface area contributed by atoms with E-state index in [1.807, 2.05) is 41.1 Å². The Balaban J connectivity index is 1.74. The third kappa shape index (κ3) is 3.80. The molecular formula is C23H20BrN3O3. The fraction of sp³-hybridized carbons (Fsp3) is 0.174. The Bertz CT molecular complexity index is 1090. The van der Waals surface area contributed by atoms with E-state index in [4.69, 9.17) is 0 Å². The van der Waals surface area contributed by atoms with Gasteiger partial charge in [-0.25, -0.2) is 4.98 Å². The molecule has 30 heavy (non-hydrogen) atoms. The Morgan fingerprint density at radius 2 is 1.77 bits per heavy atom. The number of aromatic nitrogens is 2. The minimum Gasteiger partial charge on any atom is -0.507 e. The Morgan fingerprint density at radius 3 is 2.47 bits per heavy atom. The molecule has 4 rings (SSSR count). The van der Waals surface area contributed by atoms with E-state index in [0.29, 0.717) is 25.1 Å². The third-order valence-electron chi connectivity index (χ3n) is 5.16. The van der Waals surface area contributed by atoms with Gasteiger partial charge in [0.05, 0.1) is 17.9 Å². The van der Waals surface area contributed by atoms with Gasteiger partial charge in [0.1, 0.15) is 5.76 Å². The molecular weight excluding hydrogens is 446 g/mol. The summed E-state index contributed by atoms with van der Waals surface area (Å²) >= 11 is 3.54. The summed E-state index contributed by atoms with van der Waals surface area (Å²) in [5, 5.41) is 11.0. The van der Waals surface area contributed by atoms with Gasteiger partial charge in [0.25, 0.3) is 11.7 Å². The van der Waals surface area contributed by atoms with Crippen molar-refractivity contribution in [2.45, 2.75) is 19.0 Å². The molecule has 6 nitrogen and oxygen atoms in total. The lowest BCUT2D eigenvalue weighted by atomic mass is 9.95. The fourth-order valence-electron chi connectivity index (χ4n) is 3.72. The second-order valence-corrected chi connectivity index (χ2v) is 7.89. The maximum Gasteiger partial charge on any atom is 0.295 e. The zero-order valence-electron chi connectivity index (χ0n) is 16.1. The summed E-state index contributed by atoms with van der Waals surface area (Å²) in [6.45, 7) is 1.05. The average Bonchev–Trinajstić information content (AvgIpc) is 3.37. The summed E-state index contributed by atoms with van der Waals surface area (Å²) in [5.41, 5.74) is 1.38. The number of aryl methyl sites for hydroxylation is 1. The van der Waals surface area contributed by atoms with Crippen LogP contribution in [0.4, 0.5) is 0 Å². The standard InChI is InChI=1S/C23H20BrN3O3/c24-18-10-5-4-9-17(18)20-19(21(28)16-7-2-1-3-8-16)22(29)23(30)27(20)13-6-12-26-14-11-25-15-26/h1-5,7-11,14-15,20,28H,6,12-13H2. The molecule has 1 atom stereocenters. The van der Waals surface area contributed by atoms with E-state index in [-0.39, 0.29) is 11.3 Å². The van der Waals surface area contributed by atoms with Crippen molar-refractivity contribution in [2.24, 2.45) is 0 Å². The first-order valence-corrected chi connectivity index (χ1v) is 10.4. The number of ketones is 1. The van der Waals surface area contributed by atoms with Crippen molar-refractivity contribution < 1.29 is 14.7 Å². The second kappa shape index (κ2) is 8.67. The minimum atomic E-state index is -0.667. The first-order chi connectivity index (χ1) is 14.6. The van der Waals surface area contributed by atoms with Gasteiger partial charge in [-0.2, -0.15) is 0 Å². The van der Waals surface area contributed by atoms with Gasteiger partial charge in [0.2, 0.25) is 0 Å². The Morgan fingerprint density at radius 1 is 1.03 bits per heavy atom. The molecule has 1 saturated heterocycles. The van der Waals surface area contributed by atoms with Gasteiger partial charge in [0, 0.05) is 35.5 Å². The highest BCUT2D eigenvalue weighted by Crippen LogP contribution is 2.41. The molecule has 1 unspecified atom stereocenters. The first-order valence-electron chi connectivity index (χ1n) is 9.62. The van der Waals surface area contributed by atoms with E-state index >= 15 is 0 Å². The zero-order chi connectivity index (χ0) is 21.1. The van der Waals surface area contributed by atoms with Gasteiger partial charge in [0.15, 0.2) is 0 Å². The van der Waals surface area contributed by atoms with Crippen LogP contribution in [0.15, 0.2) is 83.4 Å². The van der Waals surface area contributed by atoms with Crippen LogP contribution in [0.25, 0.3) is 5.76 Å². The number of carbonyl (C=O) groups is 2. The molecule has 2 heterocycles. The second-order valence-electron chi connectivity index (χ2n) is 7.03. The third-order valence-corrected chi connectivity index (χ3v) is 5.88. The minimum absolute atomic E-state index is 0.112. The molecule has 7 heteroatoms. The first kappa shape index (κ1) is 20.1. The highest BCUT2D eigenvalue weighted by Gasteiger charge is 2.46. The zero-order valence-corrected chi connectivity index (χ0v) is 17.7. The van der Waals surface area contributed by atoms with Gasteiger partial charge in [-0.05, 0) is 18.1 Å². The smallest absolute Gasteiger partial charge is 0.295 e. The van der Waals surface area contributed by atoms with Crippen molar-refractivity contribution in [1.29, 1.82) is 0 Å². The van der Waals surface area contributed by atoms with E-state index in [1.165, 1.54) is 0 Å². The fourth-order valence-corrected chi connectivity index (χ4v) is 4.23. The van der Waals surface area contributed by atoms with E-state index in [9.17, 15) is 14.7 Å². The molecule has 0 aliphatic carbocycles. The molecule has 2 aromatic carbocycles. The van der Waals surface area contributed by atoms with Crippen LogP contribution in [0, 0.1) is 0 Å². The van der Waals surface area contributed by atoms with E-state index in [1.54, 1.807) is 41.7 Å². The molecule has 1 aliphatic heterocycles. The van der Waals surface area contributed by atoms with Crippen molar-refractivity contribution >= 4 is 33.4 Å². The molecule has 152 valence electrons. The van der Waals surface area contributed by atoms with Crippen LogP contribution in [0.3, 0.4) is 0 Å². The van der Waals surface area contributed by atoms with Gasteiger partial charge in [-0.15, -0.1) is 0 Å². The lowest BCUT2D eigenvalue weighted by molar-refractivity contribution is -0.140. The number of aliphatic hydroxyl groups is 1. The average molecular weight is 466 g/mol. The topological polar surface area (TPSA) is 75.4 Å². The number of hydrogen-bond acceptors (Lipinski definition) is 4. The molecule has 0 spiro atoms. The number of halogens is 1. The van der Waals surface area contributed by atoms with Gasteiger partial charge in [-0.3, -0.25) is 9.59 Å². The predicted octanol–water partition coefficient (Wildman–Crippen LogP) is 4.16. The highest BCUT2D eigenvalue weighted by molar-refractivity contribution is 9.10. The number of nitrogens with zero attached hydrogens (tertiary/aromatic N) is 3. The van der Waals surface area contributed by atoms with Crippen LogP contribution in [-0.4, -0.2) is 37.8 Å².